The highest BCUT2D eigenvalue weighted by molar-refractivity contribution is 5.88. The van der Waals surface area contributed by atoms with Gasteiger partial charge in [0.25, 0.3) is 0 Å². The number of carbonyl (C=O) groups is 1. The monoisotopic (exact) mass is 247 g/mol. The van der Waals surface area contributed by atoms with E-state index < -0.39 is 5.97 Å². The fourth-order valence-electron chi connectivity index (χ4n) is 2.77. The van der Waals surface area contributed by atoms with Crippen LogP contribution in [0.15, 0.2) is 24.3 Å². The second-order valence-electron chi connectivity index (χ2n) is 4.98. The quantitative estimate of drug-likeness (QED) is 0.865. The molecule has 1 saturated carbocycles. The van der Waals surface area contributed by atoms with Crippen molar-refractivity contribution in [3.05, 3.63) is 29.8 Å². The van der Waals surface area contributed by atoms with Crippen LogP contribution in [0.4, 0.5) is 5.69 Å². The van der Waals surface area contributed by atoms with Crippen molar-refractivity contribution in [3.8, 4) is 0 Å². The fraction of sp³-hybridized carbons (Fsp3) is 0.533. The molecule has 3 heteroatoms. The van der Waals surface area contributed by atoms with Crippen LogP contribution in [-0.2, 0) is 0 Å². The van der Waals surface area contributed by atoms with Crippen LogP contribution >= 0.6 is 0 Å². The summed E-state index contributed by atoms with van der Waals surface area (Å²) in [5, 5.41) is 8.92. The number of benzene rings is 1. The van der Waals surface area contributed by atoms with E-state index in [0.717, 1.165) is 18.7 Å². The van der Waals surface area contributed by atoms with Crippen molar-refractivity contribution in [1.82, 2.24) is 0 Å². The predicted molar refractivity (Wildman–Crippen MR) is 73.3 cm³/mol. The van der Waals surface area contributed by atoms with Crippen molar-refractivity contribution < 1.29 is 9.90 Å². The van der Waals surface area contributed by atoms with Gasteiger partial charge in [-0.2, -0.15) is 0 Å². The molecule has 0 unspecified atom stereocenters. The van der Waals surface area contributed by atoms with Gasteiger partial charge in [-0.15, -0.1) is 0 Å². The normalized spacial score (nSPS) is 15.8. The molecule has 0 heterocycles. The molecule has 0 atom stereocenters. The van der Waals surface area contributed by atoms with E-state index in [1.54, 1.807) is 12.1 Å². The second kappa shape index (κ2) is 5.89. The maximum Gasteiger partial charge on any atom is 0.335 e. The van der Waals surface area contributed by atoms with Gasteiger partial charge in [-0.25, -0.2) is 4.79 Å². The topological polar surface area (TPSA) is 40.5 Å². The van der Waals surface area contributed by atoms with Gasteiger partial charge in [-0.1, -0.05) is 19.8 Å². The Labute approximate surface area is 108 Å². The van der Waals surface area contributed by atoms with E-state index in [4.69, 9.17) is 5.11 Å². The summed E-state index contributed by atoms with van der Waals surface area (Å²) in [7, 11) is 0. The summed E-state index contributed by atoms with van der Waals surface area (Å²) in [6, 6.07) is 7.93. The lowest BCUT2D eigenvalue weighted by Gasteiger charge is -2.31. The molecular formula is C15H21NO2. The molecule has 3 nitrogen and oxygen atoms in total. The van der Waals surface area contributed by atoms with Crippen molar-refractivity contribution in [2.24, 2.45) is 0 Å². The summed E-state index contributed by atoms with van der Waals surface area (Å²) < 4.78 is 0. The highest BCUT2D eigenvalue weighted by Crippen LogP contribution is 2.28. The van der Waals surface area contributed by atoms with Gasteiger partial charge in [0, 0.05) is 18.3 Å². The molecular weight excluding hydrogens is 226 g/mol. The molecule has 1 aliphatic rings. The van der Waals surface area contributed by atoms with E-state index in [2.05, 4.69) is 11.8 Å². The van der Waals surface area contributed by atoms with Crippen molar-refractivity contribution >= 4 is 11.7 Å². The van der Waals surface area contributed by atoms with Gasteiger partial charge in [0.15, 0.2) is 0 Å². The zero-order valence-electron chi connectivity index (χ0n) is 10.9. The summed E-state index contributed by atoms with van der Waals surface area (Å²) in [6.45, 7) is 3.24. The smallest absolute Gasteiger partial charge is 0.335 e. The Kier molecular flexibility index (Phi) is 4.24. The summed E-state index contributed by atoms with van der Waals surface area (Å²) in [6.07, 6.45) is 6.29. The van der Waals surface area contributed by atoms with Crippen LogP contribution in [0.25, 0.3) is 0 Å². The van der Waals surface area contributed by atoms with E-state index in [1.165, 1.54) is 25.7 Å². The van der Waals surface area contributed by atoms with Crippen molar-refractivity contribution in [3.63, 3.8) is 0 Å². The molecule has 0 bridgehead atoms. The van der Waals surface area contributed by atoms with Crippen LogP contribution in [0.3, 0.4) is 0 Å². The zero-order chi connectivity index (χ0) is 13.0. The lowest BCUT2D eigenvalue weighted by atomic mass is 10.1. The lowest BCUT2D eigenvalue weighted by Crippen LogP contribution is -2.33. The van der Waals surface area contributed by atoms with E-state index in [0.29, 0.717) is 11.6 Å². The molecule has 0 radical (unpaired) electrons. The van der Waals surface area contributed by atoms with E-state index in [-0.39, 0.29) is 0 Å². The first-order chi connectivity index (χ1) is 8.72. The number of aromatic carboxylic acids is 1. The van der Waals surface area contributed by atoms with Crippen LogP contribution in [0.5, 0.6) is 0 Å². The summed E-state index contributed by atoms with van der Waals surface area (Å²) in [5.41, 5.74) is 1.52. The van der Waals surface area contributed by atoms with Gasteiger partial charge in [-0.05, 0) is 43.5 Å². The first-order valence-corrected chi connectivity index (χ1v) is 6.82. The average Bonchev–Trinajstić information content (AvgIpc) is 2.90. The predicted octanol–water partition coefficient (Wildman–Crippen LogP) is 3.54. The van der Waals surface area contributed by atoms with Crippen molar-refractivity contribution in [2.45, 2.75) is 45.1 Å². The third-order valence-electron chi connectivity index (χ3n) is 3.68. The zero-order valence-corrected chi connectivity index (χ0v) is 10.9. The Morgan fingerprint density at radius 1 is 1.28 bits per heavy atom. The number of rotatable bonds is 5. The van der Waals surface area contributed by atoms with Gasteiger partial charge in [-0.3, -0.25) is 0 Å². The molecule has 0 saturated heterocycles. The number of hydrogen-bond donors (Lipinski definition) is 1. The molecule has 1 aromatic carbocycles. The SMILES string of the molecule is CCCN(c1ccc(C(=O)O)cc1)C1CCCC1. The van der Waals surface area contributed by atoms with Gasteiger partial charge < -0.3 is 10.0 Å². The molecule has 1 aromatic rings. The van der Waals surface area contributed by atoms with Crippen LogP contribution < -0.4 is 4.90 Å². The maximum absolute atomic E-state index is 10.9. The van der Waals surface area contributed by atoms with Crippen LogP contribution in [-0.4, -0.2) is 23.7 Å². The molecule has 98 valence electrons. The van der Waals surface area contributed by atoms with Crippen molar-refractivity contribution in [2.75, 3.05) is 11.4 Å². The second-order valence-corrected chi connectivity index (χ2v) is 4.98. The fourth-order valence-corrected chi connectivity index (χ4v) is 2.77. The van der Waals surface area contributed by atoms with Gasteiger partial charge in [0.05, 0.1) is 5.56 Å². The molecule has 0 aliphatic heterocycles. The average molecular weight is 247 g/mol. The number of nitrogens with zero attached hydrogens (tertiary/aromatic N) is 1. The maximum atomic E-state index is 10.9. The summed E-state index contributed by atoms with van der Waals surface area (Å²) in [4.78, 5) is 13.3. The first-order valence-electron chi connectivity index (χ1n) is 6.82. The highest BCUT2D eigenvalue weighted by atomic mass is 16.4. The Balaban J connectivity index is 2.16. The molecule has 1 fully saturated rings. The van der Waals surface area contributed by atoms with E-state index in [1.807, 2.05) is 12.1 Å². The molecule has 18 heavy (non-hydrogen) atoms. The largest absolute Gasteiger partial charge is 0.478 e. The van der Waals surface area contributed by atoms with Crippen LogP contribution in [0.1, 0.15) is 49.4 Å². The Morgan fingerprint density at radius 2 is 1.89 bits per heavy atom. The summed E-state index contributed by atoms with van der Waals surface area (Å²) in [5.74, 6) is -0.857. The van der Waals surface area contributed by atoms with Crippen molar-refractivity contribution in [1.29, 1.82) is 0 Å². The molecule has 1 N–H and O–H groups in total. The standard InChI is InChI=1S/C15H21NO2/c1-2-11-16(13-5-3-4-6-13)14-9-7-12(8-10-14)15(17)18/h7-10,13H,2-6,11H2,1H3,(H,17,18). The van der Waals surface area contributed by atoms with Gasteiger partial charge >= 0.3 is 5.97 Å². The number of anilines is 1. The highest BCUT2D eigenvalue weighted by Gasteiger charge is 2.22. The molecule has 0 aromatic heterocycles. The van der Waals surface area contributed by atoms with Gasteiger partial charge in [0.2, 0.25) is 0 Å². The molecule has 2 rings (SSSR count). The van der Waals surface area contributed by atoms with E-state index in [9.17, 15) is 4.79 Å². The number of carboxylic acid groups (broad SMARTS) is 1. The minimum absolute atomic E-state index is 0.363. The third kappa shape index (κ3) is 2.84. The van der Waals surface area contributed by atoms with Crippen LogP contribution in [0, 0.1) is 0 Å². The minimum atomic E-state index is -0.857. The lowest BCUT2D eigenvalue weighted by molar-refractivity contribution is 0.0697. The molecule has 0 spiro atoms. The number of carboxylic acids is 1. The van der Waals surface area contributed by atoms with E-state index >= 15 is 0 Å². The molecule has 1 aliphatic carbocycles. The van der Waals surface area contributed by atoms with Gasteiger partial charge in [0.1, 0.15) is 0 Å². The van der Waals surface area contributed by atoms with Crippen LogP contribution in [0.2, 0.25) is 0 Å². The Hall–Kier alpha value is -1.51. The Bertz CT molecular complexity index is 393. The third-order valence-corrected chi connectivity index (χ3v) is 3.68. The minimum Gasteiger partial charge on any atom is -0.478 e. The molecule has 0 amide bonds. The number of hydrogen-bond acceptors (Lipinski definition) is 2. The summed E-state index contributed by atoms with van der Waals surface area (Å²) >= 11 is 0. The first kappa shape index (κ1) is 12.9. The Morgan fingerprint density at radius 3 is 2.39 bits per heavy atom.